The molecule has 3 nitrogen and oxygen atoms in total. The molecule has 0 aromatic heterocycles. The van der Waals surface area contributed by atoms with Crippen molar-refractivity contribution in [3.63, 3.8) is 0 Å². The normalized spacial score (nSPS) is 25.0. The van der Waals surface area contributed by atoms with Gasteiger partial charge in [-0.05, 0) is 95.9 Å². The average Bonchev–Trinajstić information content (AvgIpc) is 3.00. The summed E-state index contributed by atoms with van der Waals surface area (Å²) in [6.07, 6.45) is 2.37. The maximum Gasteiger partial charge on any atom is 0.189 e. The zero-order chi connectivity index (χ0) is 16.9. The molecule has 1 saturated heterocycles. The molecule has 1 aliphatic carbocycles. The summed E-state index contributed by atoms with van der Waals surface area (Å²) in [6, 6.07) is 12.7. The molecule has 25 heavy (non-hydrogen) atoms. The van der Waals surface area contributed by atoms with Crippen LogP contribution in [-0.4, -0.2) is 21.0 Å². The standard InChI is InChI=1S/C18H17ClINO2S.ClH/c19-13-2-5-15(6-3-13)24(22,23)18-9-10-21-17(18)8-1-12-11-14(20)4-7-16(12)18;/h2-7,11,17,21H,1,8-10H2;1H. The van der Waals surface area contributed by atoms with Crippen molar-refractivity contribution >= 4 is 56.4 Å². The van der Waals surface area contributed by atoms with Crippen LogP contribution >= 0.6 is 46.6 Å². The number of hydrogen-bond donors (Lipinski definition) is 1. The number of fused-ring (bicyclic) bond motifs is 3. The van der Waals surface area contributed by atoms with Gasteiger partial charge in [-0.2, -0.15) is 0 Å². The third-order valence-corrected chi connectivity index (χ3v) is 8.76. The van der Waals surface area contributed by atoms with Gasteiger partial charge in [0.1, 0.15) is 4.75 Å². The fourth-order valence-corrected chi connectivity index (χ4v) is 7.23. The molecule has 2 aromatic rings. The maximum atomic E-state index is 13.7. The SMILES string of the molecule is Cl.O=S(=O)(c1ccc(Cl)cc1)C12CCNC1CCc1cc(I)ccc12. The third-order valence-electron chi connectivity index (χ3n) is 5.28. The second kappa shape index (κ2) is 7.00. The first kappa shape index (κ1) is 19.4. The van der Waals surface area contributed by atoms with Crippen LogP contribution in [0.15, 0.2) is 47.4 Å². The second-order valence-corrected chi connectivity index (χ2v) is 10.3. The molecule has 2 aliphatic rings. The highest BCUT2D eigenvalue weighted by atomic mass is 127. The van der Waals surface area contributed by atoms with Gasteiger partial charge >= 0.3 is 0 Å². The maximum absolute atomic E-state index is 13.7. The van der Waals surface area contributed by atoms with Crippen LogP contribution in [0.25, 0.3) is 0 Å². The van der Waals surface area contributed by atoms with Gasteiger partial charge in [0.05, 0.1) is 4.90 Å². The molecule has 2 aromatic carbocycles. The monoisotopic (exact) mass is 509 g/mol. The van der Waals surface area contributed by atoms with Crippen molar-refractivity contribution < 1.29 is 8.42 Å². The van der Waals surface area contributed by atoms with E-state index in [1.807, 2.05) is 12.1 Å². The first-order valence-electron chi connectivity index (χ1n) is 7.98. The van der Waals surface area contributed by atoms with Crippen molar-refractivity contribution in [2.24, 2.45) is 0 Å². The van der Waals surface area contributed by atoms with Crippen LogP contribution < -0.4 is 5.32 Å². The molecule has 0 radical (unpaired) electrons. The van der Waals surface area contributed by atoms with Crippen LogP contribution in [0, 0.1) is 3.57 Å². The van der Waals surface area contributed by atoms with Crippen molar-refractivity contribution in [1.29, 1.82) is 0 Å². The lowest BCUT2D eigenvalue weighted by Crippen LogP contribution is -2.49. The van der Waals surface area contributed by atoms with Crippen molar-refractivity contribution in [3.8, 4) is 0 Å². The van der Waals surface area contributed by atoms with Crippen molar-refractivity contribution in [2.75, 3.05) is 6.54 Å². The second-order valence-electron chi connectivity index (χ2n) is 6.44. The van der Waals surface area contributed by atoms with Gasteiger partial charge in [-0.15, -0.1) is 12.4 Å². The molecule has 1 heterocycles. The lowest BCUT2D eigenvalue weighted by Gasteiger charge is -2.40. The number of aryl methyl sites for hydroxylation is 1. The predicted molar refractivity (Wildman–Crippen MR) is 111 cm³/mol. The Morgan fingerprint density at radius 2 is 1.88 bits per heavy atom. The van der Waals surface area contributed by atoms with Crippen LogP contribution in [-0.2, 0) is 21.0 Å². The summed E-state index contributed by atoms with van der Waals surface area (Å²) in [6.45, 7) is 0.725. The van der Waals surface area contributed by atoms with Crippen LogP contribution in [0.1, 0.15) is 24.0 Å². The summed E-state index contributed by atoms with van der Waals surface area (Å²) in [5.41, 5.74) is 2.14. The Morgan fingerprint density at radius 1 is 1.16 bits per heavy atom. The molecule has 1 fully saturated rings. The van der Waals surface area contributed by atoms with Gasteiger partial charge in [-0.1, -0.05) is 17.7 Å². The van der Waals surface area contributed by atoms with E-state index in [2.05, 4.69) is 34.0 Å². The van der Waals surface area contributed by atoms with E-state index in [-0.39, 0.29) is 18.4 Å². The molecule has 0 spiro atoms. The molecule has 1 aliphatic heterocycles. The topological polar surface area (TPSA) is 46.2 Å². The van der Waals surface area contributed by atoms with E-state index in [9.17, 15) is 8.42 Å². The van der Waals surface area contributed by atoms with E-state index in [0.717, 1.165) is 28.5 Å². The quantitative estimate of drug-likeness (QED) is 0.612. The van der Waals surface area contributed by atoms with Crippen molar-refractivity contribution in [3.05, 3.63) is 62.2 Å². The van der Waals surface area contributed by atoms with E-state index >= 15 is 0 Å². The lowest BCUT2D eigenvalue weighted by atomic mass is 9.79. The summed E-state index contributed by atoms with van der Waals surface area (Å²) in [5, 5.41) is 3.98. The Morgan fingerprint density at radius 3 is 2.60 bits per heavy atom. The van der Waals surface area contributed by atoms with Gasteiger partial charge in [0.15, 0.2) is 9.84 Å². The smallest absolute Gasteiger partial charge is 0.189 e. The molecular weight excluding hydrogens is 492 g/mol. The number of rotatable bonds is 2. The Hall–Kier alpha value is -0.340. The number of benzene rings is 2. The molecule has 1 N–H and O–H groups in total. The molecule has 7 heteroatoms. The van der Waals surface area contributed by atoms with Gasteiger partial charge < -0.3 is 5.32 Å². The summed E-state index contributed by atoms with van der Waals surface area (Å²) >= 11 is 8.23. The molecule has 4 rings (SSSR count). The molecule has 134 valence electrons. The fraction of sp³-hybridized carbons (Fsp3) is 0.333. The van der Waals surface area contributed by atoms with Crippen molar-refractivity contribution in [2.45, 2.75) is 34.9 Å². The minimum atomic E-state index is -3.53. The van der Waals surface area contributed by atoms with Crippen LogP contribution in [0.2, 0.25) is 5.02 Å². The first-order valence-corrected chi connectivity index (χ1v) is 10.9. The summed E-state index contributed by atoms with van der Waals surface area (Å²) in [5.74, 6) is 0. The largest absolute Gasteiger partial charge is 0.312 e. The number of nitrogens with one attached hydrogen (secondary N) is 1. The molecule has 2 unspecified atom stereocenters. The summed E-state index contributed by atoms with van der Waals surface area (Å²) in [4.78, 5) is 0.354. The van der Waals surface area contributed by atoms with Gasteiger partial charge in [0.25, 0.3) is 0 Å². The fourth-order valence-electron chi connectivity index (χ4n) is 4.20. The van der Waals surface area contributed by atoms with Gasteiger partial charge in [-0.25, -0.2) is 8.42 Å². The average molecular weight is 510 g/mol. The highest BCUT2D eigenvalue weighted by molar-refractivity contribution is 14.1. The van der Waals surface area contributed by atoms with Crippen LogP contribution in [0.5, 0.6) is 0 Å². The van der Waals surface area contributed by atoms with E-state index in [0.29, 0.717) is 16.3 Å². The summed E-state index contributed by atoms with van der Waals surface area (Å²) < 4.78 is 27.6. The molecule has 0 saturated carbocycles. The highest BCUT2D eigenvalue weighted by Gasteiger charge is 2.56. The van der Waals surface area contributed by atoms with E-state index < -0.39 is 14.6 Å². The number of sulfone groups is 1. The Bertz CT molecular complexity index is 902. The molecular formula is C18H18Cl2INO2S. The number of halogens is 3. The van der Waals surface area contributed by atoms with E-state index in [1.54, 1.807) is 24.3 Å². The van der Waals surface area contributed by atoms with Gasteiger partial charge in [0, 0.05) is 14.6 Å². The predicted octanol–water partition coefficient (Wildman–Crippen LogP) is 4.34. The Balaban J connectivity index is 0.00000182. The zero-order valence-electron chi connectivity index (χ0n) is 13.3. The van der Waals surface area contributed by atoms with Crippen LogP contribution in [0.4, 0.5) is 0 Å². The summed E-state index contributed by atoms with van der Waals surface area (Å²) in [7, 11) is -3.53. The minimum Gasteiger partial charge on any atom is -0.312 e. The highest BCUT2D eigenvalue weighted by Crippen LogP contribution is 2.49. The number of hydrogen-bond acceptors (Lipinski definition) is 3. The zero-order valence-corrected chi connectivity index (χ0v) is 17.9. The van der Waals surface area contributed by atoms with Crippen LogP contribution in [0.3, 0.4) is 0 Å². The van der Waals surface area contributed by atoms with Crippen molar-refractivity contribution in [1.82, 2.24) is 5.32 Å². The van der Waals surface area contributed by atoms with E-state index in [1.165, 1.54) is 5.56 Å². The third kappa shape index (κ3) is 2.92. The van der Waals surface area contributed by atoms with Gasteiger partial charge in [0.2, 0.25) is 0 Å². The van der Waals surface area contributed by atoms with E-state index in [4.69, 9.17) is 11.6 Å². The first-order chi connectivity index (χ1) is 11.4. The molecule has 0 bridgehead atoms. The Kier molecular flexibility index (Phi) is 5.44. The lowest BCUT2D eigenvalue weighted by molar-refractivity contribution is 0.416. The molecule has 2 atom stereocenters. The van der Waals surface area contributed by atoms with Gasteiger partial charge in [-0.3, -0.25) is 0 Å². The molecule has 0 amide bonds. The Labute approximate surface area is 173 Å². The minimum absolute atomic E-state index is 0.